The van der Waals surface area contributed by atoms with E-state index < -0.39 is 0 Å². The van der Waals surface area contributed by atoms with E-state index in [1.54, 1.807) is 0 Å². The van der Waals surface area contributed by atoms with Crippen LogP contribution in [0.1, 0.15) is 21.5 Å². The quantitative estimate of drug-likeness (QED) is 0.675. The van der Waals surface area contributed by atoms with Gasteiger partial charge in [-0.1, -0.05) is 66.2 Å². The number of para-hydroxylation sites is 1. The summed E-state index contributed by atoms with van der Waals surface area (Å²) in [5.74, 6) is 0.0115. The molecule has 1 amide bonds. The molecule has 0 bridgehead atoms. The molecule has 0 saturated heterocycles. The van der Waals surface area contributed by atoms with Crippen molar-refractivity contribution < 1.29 is 4.79 Å². The minimum atomic E-state index is 0.0115. The number of hydrogen-bond donors (Lipinski definition) is 0. The Labute approximate surface area is 137 Å². The van der Waals surface area contributed by atoms with Gasteiger partial charge in [-0.2, -0.15) is 0 Å². The SMILES string of the molecule is Cc1ccc(CN(C(=O)c2ccccc2)c2ccccc2)cc1. The van der Waals surface area contributed by atoms with E-state index in [4.69, 9.17) is 0 Å². The summed E-state index contributed by atoms with van der Waals surface area (Å²) in [4.78, 5) is 14.8. The fourth-order valence-electron chi connectivity index (χ4n) is 2.50. The summed E-state index contributed by atoms with van der Waals surface area (Å²) in [7, 11) is 0. The minimum absolute atomic E-state index is 0.0115. The molecule has 3 aromatic rings. The van der Waals surface area contributed by atoms with Crippen molar-refractivity contribution >= 4 is 11.6 Å². The van der Waals surface area contributed by atoms with E-state index in [9.17, 15) is 4.79 Å². The molecule has 0 aromatic heterocycles. The molecule has 0 spiro atoms. The first kappa shape index (κ1) is 15.0. The lowest BCUT2D eigenvalue weighted by Gasteiger charge is -2.23. The van der Waals surface area contributed by atoms with Gasteiger partial charge in [0.05, 0.1) is 6.54 Å². The van der Waals surface area contributed by atoms with Crippen LogP contribution in [0.25, 0.3) is 0 Å². The molecule has 0 aliphatic heterocycles. The average molecular weight is 301 g/mol. The van der Waals surface area contributed by atoms with Crippen LogP contribution in [0.2, 0.25) is 0 Å². The van der Waals surface area contributed by atoms with Crippen molar-refractivity contribution in [1.82, 2.24) is 0 Å². The highest BCUT2D eigenvalue weighted by molar-refractivity contribution is 6.05. The maximum Gasteiger partial charge on any atom is 0.258 e. The average Bonchev–Trinajstić information content (AvgIpc) is 2.62. The number of nitrogens with zero attached hydrogens (tertiary/aromatic N) is 1. The van der Waals surface area contributed by atoms with Crippen LogP contribution in [0.15, 0.2) is 84.9 Å². The number of benzene rings is 3. The third kappa shape index (κ3) is 3.67. The van der Waals surface area contributed by atoms with Crippen molar-refractivity contribution in [1.29, 1.82) is 0 Å². The van der Waals surface area contributed by atoms with Gasteiger partial charge in [-0.3, -0.25) is 4.79 Å². The Balaban J connectivity index is 1.94. The van der Waals surface area contributed by atoms with Crippen molar-refractivity contribution in [2.24, 2.45) is 0 Å². The van der Waals surface area contributed by atoms with Gasteiger partial charge in [-0.15, -0.1) is 0 Å². The zero-order chi connectivity index (χ0) is 16.1. The third-order valence-electron chi connectivity index (χ3n) is 3.80. The van der Waals surface area contributed by atoms with Gasteiger partial charge in [-0.25, -0.2) is 0 Å². The summed E-state index contributed by atoms with van der Waals surface area (Å²) in [6, 6.07) is 27.5. The van der Waals surface area contributed by atoms with E-state index in [0.717, 1.165) is 11.3 Å². The molecule has 0 radical (unpaired) electrons. The normalized spacial score (nSPS) is 10.3. The predicted octanol–water partition coefficient (Wildman–Crippen LogP) is 4.84. The Morgan fingerprint density at radius 2 is 1.35 bits per heavy atom. The molecule has 0 unspecified atom stereocenters. The smallest absolute Gasteiger partial charge is 0.258 e. The number of carbonyl (C=O) groups excluding carboxylic acids is 1. The molecule has 0 fully saturated rings. The number of rotatable bonds is 4. The molecule has 0 saturated carbocycles. The van der Waals surface area contributed by atoms with Crippen molar-refractivity contribution in [3.8, 4) is 0 Å². The molecule has 0 heterocycles. The van der Waals surface area contributed by atoms with Gasteiger partial charge in [0.15, 0.2) is 0 Å². The van der Waals surface area contributed by atoms with E-state index in [1.165, 1.54) is 5.56 Å². The first-order valence-corrected chi connectivity index (χ1v) is 7.71. The lowest BCUT2D eigenvalue weighted by molar-refractivity contribution is 0.0985. The van der Waals surface area contributed by atoms with Gasteiger partial charge in [0.2, 0.25) is 0 Å². The van der Waals surface area contributed by atoms with E-state index >= 15 is 0 Å². The monoisotopic (exact) mass is 301 g/mol. The summed E-state index contributed by atoms with van der Waals surface area (Å²) < 4.78 is 0. The Morgan fingerprint density at radius 1 is 0.783 bits per heavy atom. The van der Waals surface area contributed by atoms with E-state index in [1.807, 2.05) is 65.6 Å². The van der Waals surface area contributed by atoms with Crippen LogP contribution in [-0.4, -0.2) is 5.91 Å². The maximum atomic E-state index is 12.9. The fraction of sp³-hybridized carbons (Fsp3) is 0.0952. The second-order valence-corrected chi connectivity index (χ2v) is 5.58. The van der Waals surface area contributed by atoms with Crippen LogP contribution in [-0.2, 0) is 6.54 Å². The fourth-order valence-corrected chi connectivity index (χ4v) is 2.50. The zero-order valence-electron chi connectivity index (χ0n) is 13.1. The number of carbonyl (C=O) groups is 1. The van der Waals surface area contributed by atoms with Gasteiger partial charge in [0.25, 0.3) is 5.91 Å². The number of amides is 1. The van der Waals surface area contributed by atoms with E-state index in [0.29, 0.717) is 12.1 Å². The minimum Gasteiger partial charge on any atom is -0.304 e. The lowest BCUT2D eigenvalue weighted by atomic mass is 10.1. The van der Waals surface area contributed by atoms with Gasteiger partial charge in [0.1, 0.15) is 0 Å². The standard InChI is InChI=1S/C21H19NO/c1-17-12-14-18(15-13-17)16-22(20-10-6-3-7-11-20)21(23)19-8-4-2-5-9-19/h2-15H,16H2,1H3. The highest BCUT2D eigenvalue weighted by atomic mass is 16.2. The molecule has 0 atom stereocenters. The maximum absolute atomic E-state index is 12.9. The molecule has 2 heteroatoms. The lowest BCUT2D eigenvalue weighted by Crippen LogP contribution is -2.30. The van der Waals surface area contributed by atoms with Gasteiger partial charge in [0, 0.05) is 11.3 Å². The van der Waals surface area contributed by atoms with Crippen LogP contribution in [0.5, 0.6) is 0 Å². The molecular formula is C21H19NO. The van der Waals surface area contributed by atoms with E-state index in [-0.39, 0.29) is 5.91 Å². The number of aryl methyl sites for hydroxylation is 1. The largest absolute Gasteiger partial charge is 0.304 e. The Hall–Kier alpha value is -2.87. The van der Waals surface area contributed by atoms with Gasteiger partial charge in [-0.05, 0) is 36.8 Å². The highest BCUT2D eigenvalue weighted by Gasteiger charge is 2.17. The van der Waals surface area contributed by atoms with Crippen molar-refractivity contribution in [2.45, 2.75) is 13.5 Å². The van der Waals surface area contributed by atoms with Crippen LogP contribution in [0.4, 0.5) is 5.69 Å². The molecule has 2 nitrogen and oxygen atoms in total. The number of anilines is 1. The Bertz CT molecular complexity index is 764. The molecule has 0 aliphatic rings. The molecule has 23 heavy (non-hydrogen) atoms. The van der Waals surface area contributed by atoms with Crippen molar-refractivity contribution in [3.05, 3.63) is 102 Å². The highest BCUT2D eigenvalue weighted by Crippen LogP contribution is 2.20. The summed E-state index contributed by atoms with van der Waals surface area (Å²) >= 11 is 0. The second kappa shape index (κ2) is 6.93. The van der Waals surface area contributed by atoms with Crippen LogP contribution >= 0.6 is 0 Å². The third-order valence-corrected chi connectivity index (χ3v) is 3.80. The second-order valence-electron chi connectivity index (χ2n) is 5.58. The molecule has 3 aromatic carbocycles. The molecular weight excluding hydrogens is 282 g/mol. The van der Waals surface area contributed by atoms with Gasteiger partial charge < -0.3 is 4.90 Å². The molecule has 3 rings (SSSR count). The first-order chi connectivity index (χ1) is 11.2. The summed E-state index contributed by atoms with van der Waals surface area (Å²) in [6.45, 7) is 2.62. The number of hydrogen-bond acceptors (Lipinski definition) is 1. The van der Waals surface area contributed by atoms with E-state index in [2.05, 4.69) is 31.2 Å². The van der Waals surface area contributed by atoms with Crippen molar-refractivity contribution in [2.75, 3.05) is 4.90 Å². The van der Waals surface area contributed by atoms with Crippen LogP contribution in [0, 0.1) is 6.92 Å². The van der Waals surface area contributed by atoms with Gasteiger partial charge >= 0.3 is 0 Å². The summed E-state index contributed by atoms with van der Waals surface area (Å²) in [5.41, 5.74) is 3.93. The zero-order valence-corrected chi connectivity index (χ0v) is 13.1. The topological polar surface area (TPSA) is 20.3 Å². The van der Waals surface area contributed by atoms with Crippen LogP contribution in [0.3, 0.4) is 0 Å². The molecule has 114 valence electrons. The molecule has 0 N–H and O–H groups in total. The molecule has 0 aliphatic carbocycles. The Kier molecular flexibility index (Phi) is 4.53. The Morgan fingerprint density at radius 3 is 1.96 bits per heavy atom. The predicted molar refractivity (Wildman–Crippen MR) is 94.6 cm³/mol. The van der Waals surface area contributed by atoms with Crippen LogP contribution < -0.4 is 4.90 Å². The summed E-state index contributed by atoms with van der Waals surface area (Å²) in [6.07, 6.45) is 0. The van der Waals surface area contributed by atoms with Crippen molar-refractivity contribution in [3.63, 3.8) is 0 Å². The summed E-state index contributed by atoms with van der Waals surface area (Å²) in [5, 5.41) is 0. The first-order valence-electron chi connectivity index (χ1n) is 7.71.